The summed E-state index contributed by atoms with van der Waals surface area (Å²) in [5, 5.41) is 25.3. The standard InChI is InChI=1S/C34H56N2O5S2/c1-8-22-26-19-21(37)13-16-34(26,7)25-14-17-33(6)23(9-10-24(33)29(25)30(22)38)20(2)15-18-35-31(39)36-43(40,41)28-12-11-27(42-28)32(3,4)5/h11-12,20-26,29-30,37-38H,8-10,13-19H2,1-7H3,(H2,35,36,39)/t20-,21-,22-,23-,24+,25?,26+,29+,30-,33-,34-/m1/s1. The van der Waals surface area contributed by atoms with Crippen LogP contribution in [0.2, 0.25) is 0 Å². The van der Waals surface area contributed by atoms with Crippen LogP contribution in [-0.4, -0.2) is 43.4 Å². The predicted octanol–water partition coefficient (Wildman–Crippen LogP) is 6.69. The molecule has 0 spiro atoms. The first-order chi connectivity index (χ1) is 20.0. The Morgan fingerprint density at radius 3 is 2.37 bits per heavy atom. The molecule has 0 aromatic carbocycles. The molecule has 4 saturated carbocycles. The molecule has 4 aliphatic rings. The van der Waals surface area contributed by atoms with Crippen molar-refractivity contribution in [2.75, 3.05) is 6.54 Å². The first kappa shape index (κ1) is 33.2. The lowest BCUT2D eigenvalue weighted by Crippen LogP contribution is -2.62. The predicted molar refractivity (Wildman–Crippen MR) is 172 cm³/mol. The summed E-state index contributed by atoms with van der Waals surface area (Å²) in [6.07, 6.45) is 8.63. The third-order valence-corrected chi connectivity index (χ3v) is 16.2. The molecular weight excluding hydrogens is 581 g/mol. The lowest BCUT2D eigenvalue weighted by Gasteiger charge is -2.64. The Bertz CT molecular complexity index is 1270. The minimum Gasteiger partial charge on any atom is -0.393 e. The Labute approximate surface area is 264 Å². The SMILES string of the molecule is CC[C@H]1[C@@H](O)[C@@H]2C(CC[C@]3(C)[C@@H]([C@H](C)CCNC(=O)NS(=O)(=O)c4ccc(C(C)(C)C)s4)CC[C@@H]23)[C@@]2(C)CC[C@@H](O)C[C@@H]12. The maximum Gasteiger partial charge on any atom is 0.328 e. The third-order valence-electron chi connectivity index (χ3n) is 12.8. The zero-order valence-corrected chi connectivity index (χ0v) is 29.0. The summed E-state index contributed by atoms with van der Waals surface area (Å²) >= 11 is 1.20. The number of hydrogen-bond donors (Lipinski definition) is 4. The Hall–Kier alpha value is -1.16. The number of hydrogen-bond acceptors (Lipinski definition) is 6. The van der Waals surface area contributed by atoms with Crippen LogP contribution < -0.4 is 10.0 Å². The average Bonchev–Trinajstić information content (AvgIpc) is 3.56. The zero-order valence-electron chi connectivity index (χ0n) is 27.4. The molecule has 43 heavy (non-hydrogen) atoms. The minimum absolute atomic E-state index is 0.154. The highest BCUT2D eigenvalue weighted by atomic mass is 32.2. The highest BCUT2D eigenvalue weighted by Crippen LogP contribution is 2.69. The van der Waals surface area contributed by atoms with Crippen LogP contribution in [0.4, 0.5) is 4.79 Å². The Morgan fingerprint density at radius 1 is 1.05 bits per heavy atom. The zero-order chi connectivity index (χ0) is 31.5. The van der Waals surface area contributed by atoms with Crippen molar-refractivity contribution in [2.24, 2.45) is 52.3 Å². The molecule has 0 saturated heterocycles. The summed E-state index contributed by atoms with van der Waals surface area (Å²) in [5.41, 5.74) is 0.204. The van der Waals surface area contributed by atoms with Crippen LogP contribution in [0.3, 0.4) is 0 Å². The van der Waals surface area contributed by atoms with Crippen LogP contribution in [0.25, 0.3) is 0 Å². The molecule has 0 radical (unpaired) electrons. The normalized spacial score (nSPS) is 40.2. The van der Waals surface area contributed by atoms with Gasteiger partial charge in [-0.05, 0) is 121 Å². The van der Waals surface area contributed by atoms with E-state index >= 15 is 0 Å². The highest BCUT2D eigenvalue weighted by Gasteiger charge is 2.64. The van der Waals surface area contributed by atoms with E-state index in [0.717, 1.165) is 56.2 Å². The van der Waals surface area contributed by atoms with Gasteiger partial charge in [-0.3, -0.25) is 0 Å². The molecule has 1 aromatic rings. The van der Waals surface area contributed by atoms with Gasteiger partial charge in [0.05, 0.1) is 12.2 Å². The molecule has 2 amide bonds. The van der Waals surface area contributed by atoms with E-state index in [1.807, 2.05) is 26.8 Å². The Morgan fingerprint density at radius 2 is 1.72 bits per heavy atom. The smallest absolute Gasteiger partial charge is 0.328 e. The van der Waals surface area contributed by atoms with E-state index in [2.05, 4.69) is 37.7 Å². The monoisotopic (exact) mass is 636 g/mol. The molecule has 9 heteroatoms. The summed E-state index contributed by atoms with van der Waals surface area (Å²) in [5.74, 6) is 2.89. The fourth-order valence-corrected chi connectivity index (χ4v) is 12.9. The van der Waals surface area contributed by atoms with Crippen molar-refractivity contribution in [1.29, 1.82) is 0 Å². The summed E-state index contributed by atoms with van der Waals surface area (Å²) in [6.45, 7) is 16.0. The number of amides is 2. The van der Waals surface area contributed by atoms with Gasteiger partial charge in [-0.15, -0.1) is 11.3 Å². The number of rotatable bonds is 7. The van der Waals surface area contributed by atoms with E-state index in [0.29, 0.717) is 42.1 Å². The quantitative estimate of drug-likeness (QED) is 0.266. The molecular formula is C34H56N2O5S2. The highest BCUT2D eigenvalue weighted by molar-refractivity contribution is 7.92. The number of fused-ring (bicyclic) bond motifs is 5. The Kier molecular flexibility index (Phi) is 9.18. The van der Waals surface area contributed by atoms with E-state index in [4.69, 9.17) is 0 Å². The fraction of sp³-hybridized carbons (Fsp3) is 0.853. The summed E-state index contributed by atoms with van der Waals surface area (Å²) in [7, 11) is -3.91. The number of carbonyl (C=O) groups excluding carboxylic acids is 1. The second-order valence-corrected chi connectivity index (χ2v) is 19.1. The largest absolute Gasteiger partial charge is 0.393 e. The molecule has 1 unspecified atom stereocenters. The molecule has 244 valence electrons. The molecule has 1 aromatic heterocycles. The molecule has 0 aliphatic heterocycles. The molecule has 4 aliphatic carbocycles. The van der Waals surface area contributed by atoms with Crippen LogP contribution >= 0.6 is 11.3 Å². The average molecular weight is 637 g/mol. The number of urea groups is 1. The van der Waals surface area contributed by atoms with Crippen LogP contribution in [0, 0.1) is 52.3 Å². The number of aliphatic hydroxyl groups is 2. The van der Waals surface area contributed by atoms with Crippen molar-refractivity contribution in [3.05, 3.63) is 17.0 Å². The van der Waals surface area contributed by atoms with Crippen molar-refractivity contribution >= 4 is 27.4 Å². The molecule has 0 bridgehead atoms. The van der Waals surface area contributed by atoms with Gasteiger partial charge >= 0.3 is 6.03 Å². The van der Waals surface area contributed by atoms with Gasteiger partial charge in [-0.25, -0.2) is 17.9 Å². The first-order valence-corrected chi connectivity index (χ1v) is 19.1. The van der Waals surface area contributed by atoms with E-state index in [9.17, 15) is 23.4 Å². The van der Waals surface area contributed by atoms with Crippen molar-refractivity contribution in [3.63, 3.8) is 0 Å². The second-order valence-electron chi connectivity index (χ2n) is 16.1. The van der Waals surface area contributed by atoms with E-state index < -0.39 is 16.1 Å². The first-order valence-electron chi connectivity index (χ1n) is 16.8. The summed E-state index contributed by atoms with van der Waals surface area (Å²) in [4.78, 5) is 13.6. The van der Waals surface area contributed by atoms with Gasteiger partial charge in [-0.2, -0.15) is 0 Å². The van der Waals surface area contributed by atoms with Crippen molar-refractivity contribution in [3.8, 4) is 0 Å². The molecule has 5 rings (SSSR count). The number of sulfonamides is 1. The summed E-state index contributed by atoms with van der Waals surface area (Å²) in [6, 6.07) is 2.71. The summed E-state index contributed by atoms with van der Waals surface area (Å²) < 4.78 is 28.0. The van der Waals surface area contributed by atoms with Gasteiger partial charge in [0.25, 0.3) is 10.0 Å². The van der Waals surface area contributed by atoms with Crippen LogP contribution in [-0.2, 0) is 15.4 Å². The molecule has 4 fully saturated rings. The van der Waals surface area contributed by atoms with Crippen molar-refractivity contribution in [2.45, 2.75) is 128 Å². The number of aliphatic hydroxyl groups excluding tert-OH is 2. The number of carbonyl (C=O) groups is 1. The maximum atomic E-state index is 12.8. The lowest BCUT2D eigenvalue weighted by atomic mass is 9.41. The van der Waals surface area contributed by atoms with E-state index in [1.165, 1.54) is 17.8 Å². The van der Waals surface area contributed by atoms with Gasteiger partial charge in [0, 0.05) is 11.4 Å². The van der Waals surface area contributed by atoms with Gasteiger partial charge in [0.1, 0.15) is 4.21 Å². The van der Waals surface area contributed by atoms with Gasteiger partial charge in [-0.1, -0.05) is 54.9 Å². The van der Waals surface area contributed by atoms with Crippen molar-refractivity contribution < 1.29 is 23.4 Å². The molecule has 4 N–H and O–H groups in total. The van der Waals surface area contributed by atoms with Crippen LogP contribution in [0.1, 0.15) is 111 Å². The van der Waals surface area contributed by atoms with E-state index in [1.54, 1.807) is 6.07 Å². The minimum atomic E-state index is -3.91. The topological polar surface area (TPSA) is 116 Å². The maximum absolute atomic E-state index is 12.8. The van der Waals surface area contributed by atoms with Crippen LogP contribution in [0.5, 0.6) is 0 Å². The van der Waals surface area contributed by atoms with Crippen LogP contribution in [0.15, 0.2) is 16.3 Å². The fourth-order valence-electron chi connectivity index (χ4n) is 10.6. The number of nitrogens with one attached hydrogen (secondary N) is 2. The molecule has 7 nitrogen and oxygen atoms in total. The second kappa shape index (κ2) is 11.9. The Balaban J connectivity index is 1.20. The third kappa shape index (κ3) is 5.94. The molecule has 11 atom stereocenters. The van der Waals surface area contributed by atoms with Gasteiger partial charge < -0.3 is 15.5 Å². The lowest BCUT2D eigenvalue weighted by molar-refractivity contribution is -0.203. The van der Waals surface area contributed by atoms with E-state index in [-0.39, 0.29) is 38.6 Å². The molecule has 1 heterocycles. The van der Waals surface area contributed by atoms with Gasteiger partial charge in [0.2, 0.25) is 0 Å². The number of thiophene rings is 1. The van der Waals surface area contributed by atoms with Gasteiger partial charge in [0.15, 0.2) is 0 Å². The van der Waals surface area contributed by atoms with Crippen molar-refractivity contribution in [1.82, 2.24) is 10.0 Å².